The number of pyridine rings is 1. The van der Waals surface area contributed by atoms with Crippen LogP contribution in [0.15, 0.2) is 41.1 Å². The van der Waals surface area contributed by atoms with Crippen molar-refractivity contribution in [3.63, 3.8) is 0 Å². The van der Waals surface area contributed by atoms with E-state index in [9.17, 15) is 9.59 Å². The van der Waals surface area contributed by atoms with Crippen molar-refractivity contribution in [3.8, 4) is 0 Å². The molecule has 0 bridgehead atoms. The molecule has 0 radical (unpaired) electrons. The lowest BCUT2D eigenvalue weighted by Gasteiger charge is -2.21. The molecule has 0 spiro atoms. The van der Waals surface area contributed by atoms with Crippen LogP contribution in [0.1, 0.15) is 39.4 Å². The molecular weight excluding hydrogens is 272 g/mol. The van der Waals surface area contributed by atoms with E-state index < -0.39 is 5.97 Å². The normalized spacial score (nSPS) is 13.9. The molecule has 21 heavy (non-hydrogen) atoms. The van der Waals surface area contributed by atoms with Crippen molar-refractivity contribution >= 4 is 11.9 Å². The molecular formula is C15H14N2O4. The molecule has 3 rings (SSSR count). The number of carboxylic acids is 1. The lowest BCUT2D eigenvalue weighted by molar-refractivity contribution is 0.0683. The largest absolute Gasteiger partial charge is 0.477 e. The van der Waals surface area contributed by atoms with Gasteiger partial charge in [-0.25, -0.2) is 9.78 Å². The molecule has 1 amide bonds. The molecule has 1 aliphatic carbocycles. The Balaban J connectivity index is 1.79. The van der Waals surface area contributed by atoms with Crippen LogP contribution in [0.2, 0.25) is 0 Å². The number of amides is 1. The van der Waals surface area contributed by atoms with Crippen LogP contribution in [0.25, 0.3) is 0 Å². The number of aromatic nitrogens is 1. The Hall–Kier alpha value is -2.63. The molecule has 1 aliphatic rings. The molecule has 2 aromatic rings. The summed E-state index contributed by atoms with van der Waals surface area (Å²) in [5.41, 5.74) is 0.314. The van der Waals surface area contributed by atoms with Crippen LogP contribution in [0.4, 0.5) is 0 Å². The van der Waals surface area contributed by atoms with E-state index in [1.54, 1.807) is 17.2 Å². The van der Waals surface area contributed by atoms with E-state index >= 15 is 0 Å². The SMILES string of the molecule is O=C(O)c1ccc(C(=O)N(Cc2ccco2)C2CC2)cn1. The summed E-state index contributed by atoms with van der Waals surface area (Å²) in [5, 5.41) is 8.82. The molecule has 0 unspecified atom stereocenters. The van der Waals surface area contributed by atoms with E-state index in [0.29, 0.717) is 12.1 Å². The lowest BCUT2D eigenvalue weighted by atomic mass is 10.2. The van der Waals surface area contributed by atoms with Crippen LogP contribution in [0.5, 0.6) is 0 Å². The highest BCUT2D eigenvalue weighted by molar-refractivity contribution is 5.95. The zero-order valence-electron chi connectivity index (χ0n) is 11.2. The van der Waals surface area contributed by atoms with Crippen molar-refractivity contribution in [1.82, 2.24) is 9.88 Å². The topological polar surface area (TPSA) is 83.6 Å². The van der Waals surface area contributed by atoms with Crippen LogP contribution < -0.4 is 0 Å². The molecule has 0 saturated heterocycles. The van der Waals surface area contributed by atoms with Crippen LogP contribution in [0.3, 0.4) is 0 Å². The Morgan fingerprint density at radius 1 is 1.33 bits per heavy atom. The summed E-state index contributed by atoms with van der Waals surface area (Å²) in [4.78, 5) is 28.8. The van der Waals surface area contributed by atoms with E-state index in [1.807, 2.05) is 6.07 Å². The lowest BCUT2D eigenvalue weighted by Crippen LogP contribution is -2.32. The predicted octanol–water partition coefficient (Wildman–Crippen LogP) is 2.18. The number of carbonyl (C=O) groups is 2. The summed E-state index contributed by atoms with van der Waals surface area (Å²) in [6.45, 7) is 0.414. The third kappa shape index (κ3) is 2.94. The summed E-state index contributed by atoms with van der Waals surface area (Å²) in [7, 11) is 0. The third-order valence-corrected chi connectivity index (χ3v) is 3.38. The van der Waals surface area contributed by atoms with Crippen molar-refractivity contribution in [3.05, 3.63) is 53.7 Å². The standard InChI is InChI=1S/C15H14N2O4/c18-14(10-3-6-13(15(19)20)16-8-10)17(11-4-5-11)9-12-2-1-7-21-12/h1-3,6-8,11H,4-5,9H2,(H,19,20). The van der Waals surface area contributed by atoms with E-state index in [2.05, 4.69) is 4.98 Å². The summed E-state index contributed by atoms with van der Waals surface area (Å²) in [5.74, 6) is -0.535. The molecule has 2 heterocycles. The molecule has 0 aromatic carbocycles. The number of rotatable bonds is 5. The first-order chi connectivity index (χ1) is 10.1. The Labute approximate surface area is 121 Å². The van der Waals surface area contributed by atoms with Gasteiger partial charge in [0.05, 0.1) is 18.4 Å². The van der Waals surface area contributed by atoms with Crippen molar-refractivity contribution in [2.24, 2.45) is 0 Å². The number of nitrogens with zero attached hydrogens (tertiary/aromatic N) is 2. The average Bonchev–Trinajstić information content (AvgIpc) is 3.20. The smallest absolute Gasteiger partial charge is 0.354 e. The number of aromatic carboxylic acids is 1. The van der Waals surface area contributed by atoms with Crippen LogP contribution in [0, 0.1) is 0 Å². The van der Waals surface area contributed by atoms with Gasteiger partial charge in [0.1, 0.15) is 11.5 Å². The summed E-state index contributed by atoms with van der Waals surface area (Å²) in [6, 6.07) is 6.67. The van der Waals surface area contributed by atoms with Gasteiger partial charge in [-0.15, -0.1) is 0 Å². The maximum atomic E-state index is 12.5. The fourth-order valence-corrected chi connectivity index (χ4v) is 2.14. The second-order valence-electron chi connectivity index (χ2n) is 4.98. The van der Waals surface area contributed by atoms with Gasteiger partial charge >= 0.3 is 5.97 Å². The Morgan fingerprint density at radius 3 is 2.67 bits per heavy atom. The fraction of sp³-hybridized carbons (Fsp3) is 0.267. The van der Waals surface area contributed by atoms with Crippen molar-refractivity contribution in [1.29, 1.82) is 0 Å². The van der Waals surface area contributed by atoms with Gasteiger partial charge in [-0.1, -0.05) is 0 Å². The summed E-state index contributed by atoms with van der Waals surface area (Å²) in [6.07, 6.45) is 4.84. The van der Waals surface area contributed by atoms with Crippen molar-refractivity contribution in [2.75, 3.05) is 0 Å². The number of hydrogen-bond acceptors (Lipinski definition) is 4. The minimum Gasteiger partial charge on any atom is -0.477 e. The second kappa shape index (κ2) is 5.40. The van der Waals surface area contributed by atoms with Gasteiger partial charge in [-0.05, 0) is 37.1 Å². The molecule has 2 aromatic heterocycles. The van der Waals surface area contributed by atoms with Crippen LogP contribution in [-0.4, -0.2) is 32.9 Å². The van der Waals surface area contributed by atoms with E-state index in [4.69, 9.17) is 9.52 Å². The van der Waals surface area contributed by atoms with Gasteiger partial charge in [-0.3, -0.25) is 4.79 Å². The minimum atomic E-state index is -1.11. The van der Waals surface area contributed by atoms with Gasteiger partial charge in [0.25, 0.3) is 5.91 Å². The highest BCUT2D eigenvalue weighted by Gasteiger charge is 2.33. The number of carboxylic acid groups (broad SMARTS) is 1. The first-order valence-corrected chi connectivity index (χ1v) is 6.68. The second-order valence-corrected chi connectivity index (χ2v) is 4.98. The predicted molar refractivity (Wildman–Crippen MR) is 72.8 cm³/mol. The molecule has 6 heteroatoms. The Morgan fingerprint density at radius 2 is 2.14 bits per heavy atom. The molecule has 1 fully saturated rings. The van der Waals surface area contributed by atoms with E-state index in [-0.39, 0.29) is 17.6 Å². The molecule has 0 aliphatic heterocycles. The van der Waals surface area contributed by atoms with Crippen LogP contribution >= 0.6 is 0 Å². The zero-order valence-corrected chi connectivity index (χ0v) is 11.2. The average molecular weight is 286 g/mol. The first kappa shape index (κ1) is 13.4. The van der Waals surface area contributed by atoms with E-state index in [0.717, 1.165) is 18.6 Å². The maximum Gasteiger partial charge on any atom is 0.354 e. The van der Waals surface area contributed by atoms with Gasteiger partial charge in [0, 0.05) is 12.2 Å². The summed E-state index contributed by atoms with van der Waals surface area (Å²) >= 11 is 0. The molecule has 6 nitrogen and oxygen atoms in total. The monoisotopic (exact) mass is 286 g/mol. The van der Waals surface area contributed by atoms with Gasteiger partial charge < -0.3 is 14.4 Å². The number of carbonyl (C=O) groups excluding carboxylic acids is 1. The van der Waals surface area contributed by atoms with Gasteiger partial charge in [0.15, 0.2) is 0 Å². The Kier molecular flexibility index (Phi) is 3.43. The minimum absolute atomic E-state index is 0.0736. The molecule has 1 saturated carbocycles. The molecule has 1 N–H and O–H groups in total. The van der Waals surface area contributed by atoms with Crippen LogP contribution in [-0.2, 0) is 6.54 Å². The first-order valence-electron chi connectivity index (χ1n) is 6.68. The van der Waals surface area contributed by atoms with Gasteiger partial charge in [0.2, 0.25) is 0 Å². The Bertz CT molecular complexity index is 645. The fourth-order valence-electron chi connectivity index (χ4n) is 2.14. The number of furan rings is 1. The third-order valence-electron chi connectivity index (χ3n) is 3.38. The molecule has 0 atom stereocenters. The highest BCUT2D eigenvalue weighted by atomic mass is 16.4. The van der Waals surface area contributed by atoms with Crippen molar-refractivity contribution in [2.45, 2.75) is 25.4 Å². The quantitative estimate of drug-likeness (QED) is 0.910. The zero-order chi connectivity index (χ0) is 14.8. The number of hydrogen-bond donors (Lipinski definition) is 1. The summed E-state index contributed by atoms with van der Waals surface area (Å²) < 4.78 is 5.29. The molecule has 108 valence electrons. The van der Waals surface area contributed by atoms with Crippen molar-refractivity contribution < 1.29 is 19.1 Å². The van der Waals surface area contributed by atoms with Gasteiger partial charge in [-0.2, -0.15) is 0 Å². The van der Waals surface area contributed by atoms with E-state index in [1.165, 1.54) is 18.3 Å². The maximum absolute atomic E-state index is 12.5. The highest BCUT2D eigenvalue weighted by Crippen LogP contribution is 2.29.